The Balaban J connectivity index is 2.50. The lowest BCUT2D eigenvalue weighted by molar-refractivity contribution is 0.294. The van der Waals surface area contributed by atoms with Crippen molar-refractivity contribution < 1.29 is 4.74 Å². The first-order chi connectivity index (χ1) is 9.43. The monoisotopic (exact) mass is 274 g/mol. The molecule has 0 radical (unpaired) electrons. The van der Waals surface area contributed by atoms with Gasteiger partial charge < -0.3 is 4.74 Å². The van der Waals surface area contributed by atoms with E-state index in [4.69, 9.17) is 10.00 Å². The van der Waals surface area contributed by atoms with E-state index < -0.39 is 0 Å². The summed E-state index contributed by atoms with van der Waals surface area (Å²) in [6.45, 7) is 11.1. The van der Waals surface area contributed by atoms with Gasteiger partial charge >= 0.3 is 0 Å². The maximum Gasteiger partial charge on any atom is 0.119 e. The lowest BCUT2D eigenvalue weighted by atomic mass is 9.98. The summed E-state index contributed by atoms with van der Waals surface area (Å²) in [7, 11) is 0. The van der Waals surface area contributed by atoms with Crippen LogP contribution in [0, 0.1) is 18.3 Å². The first-order valence-corrected chi connectivity index (χ1v) is 7.33. The van der Waals surface area contributed by atoms with Gasteiger partial charge in [-0.1, -0.05) is 19.9 Å². The van der Waals surface area contributed by atoms with Crippen LogP contribution in [0.2, 0.25) is 0 Å². The zero-order chi connectivity index (χ0) is 15.1. The molecular formula is C17H26N2O. The molecule has 0 bridgehead atoms. The lowest BCUT2D eigenvalue weighted by Crippen LogP contribution is -2.34. The van der Waals surface area contributed by atoms with Gasteiger partial charge in [0.15, 0.2) is 0 Å². The van der Waals surface area contributed by atoms with E-state index in [-0.39, 0.29) is 6.04 Å². The minimum absolute atomic E-state index is 0.147. The van der Waals surface area contributed by atoms with Crippen molar-refractivity contribution in [2.75, 3.05) is 6.61 Å². The van der Waals surface area contributed by atoms with Gasteiger partial charge in [0.05, 0.1) is 18.7 Å². The molecule has 0 spiro atoms. The van der Waals surface area contributed by atoms with E-state index in [1.807, 2.05) is 19.9 Å². The van der Waals surface area contributed by atoms with Gasteiger partial charge in [-0.3, -0.25) is 5.32 Å². The molecule has 0 aliphatic rings. The van der Waals surface area contributed by atoms with Crippen LogP contribution < -0.4 is 10.1 Å². The van der Waals surface area contributed by atoms with Gasteiger partial charge in [0.2, 0.25) is 0 Å². The molecule has 0 aliphatic heterocycles. The summed E-state index contributed by atoms with van der Waals surface area (Å²) in [6.07, 6.45) is 0.694. The molecule has 0 aromatic heterocycles. The molecule has 0 amide bonds. The molecule has 1 unspecified atom stereocenters. The zero-order valence-electron chi connectivity index (χ0n) is 13.2. The van der Waals surface area contributed by atoms with Gasteiger partial charge in [-0.25, -0.2) is 0 Å². The van der Waals surface area contributed by atoms with E-state index >= 15 is 0 Å². The molecule has 1 rings (SSSR count). The predicted molar refractivity (Wildman–Crippen MR) is 83.1 cm³/mol. The van der Waals surface area contributed by atoms with E-state index in [0.717, 1.165) is 5.75 Å². The third-order valence-corrected chi connectivity index (χ3v) is 3.23. The van der Waals surface area contributed by atoms with E-state index in [1.54, 1.807) is 0 Å². The van der Waals surface area contributed by atoms with Crippen molar-refractivity contribution in [1.82, 2.24) is 5.32 Å². The molecule has 1 aromatic carbocycles. The third kappa shape index (κ3) is 5.22. The molecule has 3 nitrogen and oxygen atoms in total. The highest BCUT2D eigenvalue weighted by Gasteiger charge is 2.09. The van der Waals surface area contributed by atoms with Gasteiger partial charge in [0.1, 0.15) is 5.75 Å². The Morgan fingerprint density at radius 2 is 1.95 bits per heavy atom. The Kier molecular flexibility index (Phi) is 6.54. The molecule has 0 saturated heterocycles. The Hall–Kier alpha value is -1.53. The van der Waals surface area contributed by atoms with Crippen molar-refractivity contribution in [1.29, 1.82) is 5.26 Å². The average molecular weight is 274 g/mol. The van der Waals surface area contributed by atoms with Crippen molar-refractivity contribution in [3.05, 3.63) is 29.3 Å². The van der Waals surface area contributed by atoms with E-state index in [2.05, 4.69) is 44.3 Å². The van der Waals surface area contributed by atoms with Gasteiger partial charge in [-0.15, -0.1) is 0 Å². The maximum atomic E-state index is 9.05. The highest BCUT2D eigenvalue weighted by atomic mass is 16.5. The third-order valence-electron chi connectivity index (χ3n) is 3.23. The van der Waals surface area contributed by atoms with Crippen LogP contribution in [0.15, 0.2) is 18.2 Å². The second kappa shape index (κ2) is 7.91. The molecule has 0 saturated carbocycles. The van der Waals surface area contributed by atoms with Crippen molar-refractivity contribution >= 4 is 0 Å². The summed E-state index contributed by atoms with van der Waals surface area (Å²) < 4.78 is 5.74. The number of ether oxygens (including phenoxy) is 1. The molecule has 110 valence electrons. The minimum atomic E-state index is -0.147. The smallest absolute Gasteiger partial charge is 0.119 e. The summed E-state index contributed by atoms with van der Waals surface area (Å²) in [5.41, 5.74) is 2.61. The maximum absolute atomic E-state index is 9.05. The van der Waals surface area contributed by atoms with Crippen molar-refractivity contribution in [3.63, 3.8) is 0 Å². The molecule has 0 fully saturated rings. The van der Waals surface area contributed by atoms with Crippen LogP contribution >= 0.6 is 0 Å². The predicted octanol–water partition coefficient (Wildman–Crippen LogP) is 3.78. The Morgan fingerprint density at radius 1 is 1.25 bits per heavy atom. The van der Waals surface area contributed by atoms with E-state index in [1.165, 1.54) is 11.1 Å². The van der Waals surface area contributed by atoms with Crippen LogP contribution in [-0.4, -0.2) is 18.7 Å². The minimum Gasteiger partial charge on any atom is -0.493 e. The fraction of sp³-hybridized carbons (Fsp3) is 0.588. The molecule has 3 heteroatoms. The molecule has 0 aliphatic carbocycles. The average Bonchev–Trinajstić information content (AvgIpc) is 2.36. The first kappa shape index (κ1) is 16.5. The molecule has 0 heterocycles. The van der Waals surface area contributed by atoms with Gasteiger partial charge in [0, 0.05) is 12.5 Å². The summed E-state index contributed by atoms with van der Waals surface area (Å²) in [4.78, 5) is 0. The quantitative estimate of drug-likeness (QED) is 0.823. The number of rotatable bonds is 7. The topological polar surface area (TPSA) is 45.0 Å². The normalized spacial score (nSPS) is 12.5. The van der Waals surface area contributed by atoms with Crippen molar-refractivity contribution in [2.45, 2.75) is 59.0 Å². The second-order valence-corrected chi connectivity index (χ2v) is 5.81. The van der Waals surface area contributed by atoms with Crippen molar-refractivity contribution in [3.8, 4) is 11.8 Å². The molecule has 20 heavy (non-hydrogen) atoms. The van der Waals surface area contributed by atoms with E-state index in [9.17, 15) is 0 Å². The standard InChI is InChI=1S/C17H26N2O/c1-12(2)17-7-6-16(10-14(17)5)20-9-8-15(11-18)19-13(3)4/h6-7,10,12-13,15,19H,8-9H2,1-5H3. The van der Waals surface area contributed by atoms with Gasteiger partial charge in [-0.05, 0) is 49.9 Å². The summed E-state index contributed by atoms with van der Waals surface area (Å²) >= 11 is 0. The zero-order valence-corrected chi connectivity index (χ0v) is 13.2. The van der Waals surface area contributed by atoms with Crippen LogP contribution in [0.5, 0.6) is 5.75 Å². The van der Waals surface area contributed by atoms with Crippen LogP contribution in [0.4, 0.5) is 0 Å². The Labute approximate surface area is 123 Å². The SMILES string of the molecule is Cc1cc(OCCC(C#N)NC(C)C)ccc1C(C)C. The first-order valence-electron chi connectivity index (χ1n) is 7.33. The Bertz CT molecular complexity index is 461. The number of hydrogen-bond acceptors (Lipinski definition) is 3. The van der Waals surface area contributed by atoms with Gasteiger partial charge in [0.25, 0.3) is 0 Å². The molecule has 1 aromatic rings. The number of aryl methyl sites for hydroxylation is 1. The Morgan fingerprint density at radius 3 is 2.45 bits per heavy atom. The molecule has 1 atom stereocenters. The fourth-order valence-electron chi connectivity index (χ4n) is 2.27. The molecule has 1 N–H and O–H groups in total. The summed E-state index contributed by atoms with van der Waals surface area (Å²) in [6, 6.07) is 8.65. The largest absolute Gasteiger partial charge is 0.493 e. The second-order valence-electron chi connectivity index (χ2n) is 5.81. The fourth-order valence-corrected chi connectivity index (χ4v) is 2.27. The van der Waals surface area contributed by atoms with Crippen LogP contribution in [0.25, 0.3) is 0 Å². The number of nitriles is 1. The lowest BCUT2D eigenvalue weighted by Gasteiger charge is -2.16. The highest BCUT2D eigenvalue weighted by molar-refractivity contribution is 5.36. The summed E-state index contributed by atoms with van der Waals surface area (Å²) in [5, 5.41) is 12.3. The van der Waals surface area contributed by atoms with Crippen LogP contribution in [0.3, 0.4) is 0 Å². The highest BCUT2D eigenvalue weighted by Crippen LogP contribution is 2.23. The van der Waals surface area contributed by atoms with Crippen LogP contribution in [-0.2, 0) is 0 Å². The number of hydrogen-bond donors (Lipinski definition) is 1. The molecular weight excluding hydrogens is 248 g/mol. The van der Waals surface area contributed by atoms with Gasteiger partial charge in [-0.2, -0.15) is 5.26 Å². The number of nitrogens with one attached hydrogen (secondary N) is 1. The number of nitrogens with zero attached hydrogens (tertiary/aromatic N) is 1. The van der Waals surface area contributed by atoms with Crippen molar-refractivity contribution in [2.24, 2.45) is 0 Å². The van der Waals surface area contributed by atoms with E-state index in [0.29, 0.717) is 25.0 Å². The summed E-state index contributed by atoms with van der Waals surface area (Å²) in [5.74, 6) is 1.41. The van der Waals surface area contributed by atoms with Crippen LogP contribution in [0.1, 0.15) is 51.2 Å². The number of benzene rings is 1.